The Kier molecular flexibility index (Phi) is 6.14. The SMILES string of the molecule is CC(C)(C)C1CC1(C(=O)O)C(=O)NNC(=O)c1ccccc1Nc1ccc(C(F)(F)F)cc1. The molecule has 0 aliphatic heterocycles. The number of amides is 2. The number of hydrogen-bond donors (Lipinski definition) is 4. The Bertz CT molecular complexity index is 1080. The van der Waals surface area contributed by atoms with E-state index in [0.717, 1.165) is 12.1 Å². The quantitative estimate of drug-likeness (QED) is 0.390. The molecular formula is C23H24F3N3O4. The van der Waals surface area contributed by atoms with Crippen LogP contribution in [0.5, 0.6) is 0 Å². The zero-order chi connectivity index (χ0) is 24.6. The minimum absolute atomic E-state index is 0.102. The van der Waals surface area contributed by atoms with E-state index in [9.17, 15) is 32.7 Å². The van der Waals surface area contributed by atoms with Crippen LogP contribution in [0.2, 0.25) is 0 Å². The Morgan fingerprint density at radius 3 is 2.09 bits per heavy atom. The molecule has 176 valence electrons. The second-order valence-electron chi connectivity index (χ2n) is 9.05. The van der Waals surface area contributed by atoms with E-state index in [-0.39, 0.29) is 23.6 Å². The van der Waals surface area contributed by atoms with Crippen LogP contribution in [0.15, 0.2) is 48.5 Å². The first-order valence-corrected chi connectivity index (χ1v) is 10.1. The minimum Gasteiger partial charge on any atom is -0.480 e. The van der Waals surface area contributed by atoms with Crippen molar-refractivity contribution in [2.45, 2.75) is 33.4 Å². The molecule has 2 aromatic rings. The van der Waals surface area contributed by atoms with Gasteiger partial charge in [0.2, 0.25) is 0 Å². The van der Waals surface area contributed by atoms with Gasteiger partial charge in [-0.05, 0) is 54.2 Å². The molecule has 33 heavy (non-hydrogen) atoms. The summed E-state index contributed by atoms with van der Waals surface area (Å²) in [5, 5.41) is 12.5. The molecule has 1 aliphatic rings. The lowest BCUT2D eigenvalue weighted by Crippen LogP contribution is -2.48. The van der Waals surface area contributed by atoms with E-state index >= 15 is 0 Å². The van der Waals surface area contributed by atoms with Gasteiger partial charge < -0.3 is 10.4 Å². The van der Waals surface area contributed by atoms with Gasteiger partial charge in [-0.15, -0.1) is 0 Å². The first-order chi connectivity index (χ1) is 15.3. The number of carboxylic acids is 1. The number of alkyl halides is 3. The van der Waals surface area contributed by atoms with Crippen LogP contribution < -0.4 is 16.2 Å². The number of para-hydroxylation sites is 1. The van der Waals surface area contributed by atoms with Crippen LogP contribution in [-0.4, -0.2) is 22.9 Å². The number of carbonyl (C=O) groups is 3. The molecule has 2 amide bonds. The number of halogens is 3. The molecule has 0 heterocycles. The number of carbonyl (C=O) groups excluding carboxylic acids is 2. The molecule has 2 atom stereocenters. The summed E-state index contributed by atoms with van der Waals surface area (Å²) in [4.78, 5) is 37.1. The molecular weight excluding hydrogens is 439 g/mol. The van der Waals surface area contributed by atoms with E-state index in [1.54, 1.807) is 18.2 Å². The number of aliphatic carboxylic acids is 1. The lowest BCUT2D eigenvalue weighted by atomic mass is 9.84. The Morgan fingerprint density at radius 2 is 1.58 bits per heavy atom. The second-order valence-corrected chi connectivity index (χ2v) is 9.05. The smallest absolute Gasteiger partial charge is 0.416 e. The van der Waals surface area contributed by atoms with Gasteiger partial charge in [-0.25, -0.2) is 0 Å². The molecule has 0 bridgehead atoms. The Balaban J connectivity index is 1.70. The maximum absolute atomic E-state index is 12.7. The van der Waals surface area contributed by atoms with E-state index in [1.165, 1.54) is 18.2 Å². The highest BCUT2D eigenvalue weighted by atomic mass is 19.4. The van der Waals surface area contributed by atoms with Crippen LogP contribution in [0.3, 0.4) is 0 Å². The lowest BCUT2D eigenvalue weighted by molar-refractivity contribution is -0.151. The van der Waals surface area contributed by atoms with E-state index < -0.39 is 40.4 Å². The summed E-state index contributed by atoms with van der Waals surface area (Å²) in [7, 11) is 0. The number of benzene rings is 2. The predicted octanol–water partition coefficient (Wildman–Crippen LogP) is 4.35. The summed E-state index contributed by atoms with van der Waals surface area (Å²) in [5.41, 5.74) is 2.34. The molecule has 1 fully saturated rings. The van der Waals surface area contributed by atoms with Crippen molar-refractivity contribution >= 4 is 29.2 Å². The van der Waals surface area contributed by atoms with E-state index in [1.807, 2.05) is 20.8 Å². The monoisotopic (exact) mass is 463 g/mol. The van der Waals surface area contributed by atoms with Gasteiger partial charge in [-0.1, -0.05) is 32.9 Å². The maximum Gasteiger partial charge on any atom is 0.416 e. The van der Waals surface area contributed by atoms with Crippen LogP contribution in [0.25, 0.3) is 0 Å². The van der Waals surface area contributed by atoms with Crippen molar-refractivity contribution in [3.8, 4) is 0 Å². The molecule has 0 radical (unpaired) electrons. The highest BCUT2D eigenvalue weighted by Gasteiger charge is 2.69. The summed E-state index contributed by atoms with van der Waals surface area (Å²) < 4.78 is 38.2. The van der Waals surface area contributed by atoms with E-state index in [0.29, 0.717) is 5.69 Å². The van der Waals surface area contributed by atoms with Crippen LogP contribution in [0, 0.1) is 16.7 Å². The van der Waals surface area contributed by atoms with Crippen molar-refractivity contribution in [1.29, 1.82) is 0 Å². The molecule has 4 N–H and O–H groups in total. The van der Waals surface area contributed by atoms with Gasteiger partial charge in [0, 0.05) is 5.69 Å². The lowest BCUT2D eigenvalue weighted by Gasteiger charge is -2.22. The summed E-state index contributed by atoms with van der Waals surface area (Å²) >= 11 is 0. The molecule has 0 aromatic heterocycles. The molecule has 2 aromatic carbocycles. The standard InChI is InChI=1S/C23H24F3N3O4/c1-21(2,3)17-12-22(17,20(32)33)19(31)29-28-18(30)15-6-4-5-7-16(15)27-14-10-8-13(9-11-14)23(24,25)26/h4-11,17,27H,12H2,1-3H3,(H,28,30)(H,29,31)(H,32,33). The molecule has 7 nitrogen and oxygen atoms in total. The van der Waals surface area contributed by atoms with Gasteiger partial charge in [-0.3, -0.25) is 25.2 Å². The zero-order valence-electron chi connectivity index (χ0n) is 18.2. The van der Waals surface area contributed by atoms with Gasteiger partial charge in [0.25, 0.3) is 11.8 Å². The molecule has 0 saturated heterocycles. The molecule has 10 heteroatoms. The fourth-order valence-corrected chi connectivity index (χ4v) is 3.87. The average molecular weight is 463 g/mol. The molecule has 0 spiro atoms. The van der Waals surface area contributed by atoms with Gasteiger partial charge in [0.1, 0.15) is 0 Å². The third kappa shape index (κ3) is 4.94. The van der Waals surface area contributed by atoms with Crippen LogP contribution in [0.4, 0.5) is 24.5 Å². The van der Waals surface area contributed by atoms with Gasteiger partial charge >= 0.3 is 12.1 Å². The maximum atomic E-state index is 12.7. The first kappa shape index (κ1) is 24.1. The predicted molar refractivity (Wildman–Crippen MR) is 114 cm³/mol. The minimum atomic E-state index is -4.46. The van der Waals surface area contributed by atoms with Gasteiger partial charge in [0.15, 0.2) is 5.41 Å². The number of nitrogens with one attached hydrogen (secondary N) is 3. The number of hydrogen-bond acceptors (Lipinski definition) is 4. The normalized spacial score (nSPS) is 20.0. The Hall–Kier alpha value is -3.56. The average Bonchev–Trinajstić information content (AvgIpc) is 3.50. The first-order valence-electron chi connectivity index (χ1n) is 10.1. The number of hydrazine groups is 1. The fourth-order valence-electron chi connectivity index (χ4n) is 3.87. The van der Waals surface area contributed by atoms with Crippen molar-refractivity contribution < 1.29 is 32.7 Å². The van der Waals surface area contributed by atoms with Crippen molar-refractivity contribution in [2.75, 3.05) is 5.32 Å². The summed E-state index contributed by atoms with van der Waals surface area (Å²) in [6.45, 7) is 5.53. The van der Waals surface area contributed by atoms with Crippen molar-refractivity contribution in [3.05, 3.63) is 59.7 Å². The highest BCUT2D eigenvalue weighted by molar-refractivity contribution is 6.07. The molecule has 3 rings (SSSR count). The van der Waals surface area contributed by atoms with Crippen molar-refractivity contribution in [1.82, 2.24) is 10.9 Å². The van der Waals surface area contributed by atoms with Gasteiger partial charge in [0.05, 0.1) is 16.8 Å². The summed E-state index contributed by atoms with van der Waals surface area (Å²) in [6, 6.07) is 10.5. The third-order valence-electron chi connectivity index (χ3n) is 5.75. The Labute approximate surface area is 188 Å². The number of anilines is 2. The second kappa shape index (κ2) is 8.42. The summed E-state index contributed by atoms with van der Waals surface area (Å²) in [6.07, 6.45) is -4.30. The van der Waals surface area contributed by atoms with Crippen molar-refractivity contribution in [3.63, 3.8) is 0 Å². The molecule has 1 saturated carbocycles. The number of carboxylic acid groups (broad SMARTS) is 1. The largest absolute Gasteiger partial charge is 0.480 e. The van der Waals surface area contributed by atoms with Crippen LogP contribution in [0.1, 0.15) is 43.1 Å². The third-order valence-corrected chi connectivity index (χ3v) is 5.75. The van der Waals surface area contributed by atoms with Crippen LogP contribution in [-0.2, 0) is 15.8 Å². The highest BCUT2D eigenvalue weighted by Crippen LogP contribution is 2.61. The van der Waals surface area contributed by atoms with Crippen molar-refractivity contribution in [2.24, 2.45) is 16.7 Å². The molecule has 1 aliphatic carbocycles. The van der Waals surface area contributed by atoms with Gasteiger partial charge in [-0.2, -0.15) is 13.2 Å². The topological polar surface area (TPSA) is 108 Å². The number of rotatable bonds is 5. The zero-order valence-corrected chi connectivity index (χ0v) is 18.2. The van der Waals surface area contributed by atoms with Crippen LogP contribution >= 0.6 is 0 Å². The fraction of sp³-hybridized carbons (Fsp3) is 0.348. The Morgan fingerprint density at radius 1 is 0.970 bits per heavy atom. The molecule has 2 unspecified atom stereocenters. The van der Waals surface area contributed by atoms with E-state index in [4.69, 9.17) is 0 Å². The van der Waals surface area contributed by atoms with E-state index in [2.05, 4.69) is 16.2 Å². The summed E-state index contributed by atoms with van der Waals surface area (Å²) in [5.74, 6) is -3.16.